The summed E-state index contributed by atoms with van der Waals surface area (Å²) in [6.07, 6.45) is 3.40. The van der Waals surface area contributed by atoms with Crippen molar-refractivity contribution in [2.24, 2.45) is 0 Å². The first-order valence-electron chi connectivity index (χ1n) is 5.77. The first kappa shape index (κ1) is 14.4. The van der Waals surface area contributed by atoms with Gasteiger partial charge in [0.25, 0.3) is 5.69 Å². The molecule has 1 aromatic rings. The lowest BCUT2D eigenvalue weighted by molar-refractivity contribution is -0.384. The van der Waals surface area contributed by atoms with Crippen molar-refractivity contribution in [3.05, 3.63) is 39.9 Å². The SMILES string of the molecule is N=C(c1cccc([N+](=O)[O-])c1)N1CCCCC1.[Cl-]. The van der Waals surface area contributed by atoms with E-state index >= 15 is 0 Å². The van der Waals surface area contributed by atoms with E-state index in [1.165, 1.54) is 18.6 Å². The zero-order chi connectivity index (χ0) is 12.3. The van der Waals surface area contributed by atoms with E-state index in [1.807, 2.05) is 4.90 Å². The lowest BCUT2D eigenvalue weighted by Crippen LogP contribution is -3.00. The lowest BCUT2D eigenvalue weighted by Gasteiger charge is -2.28. The van der Waals surface area contributed by atoms with Crippen molar-refractivity contribution in [3.8, 4) is 0 Å². The Bertz CT molecular complexity index is 445. The van der Waals surface area contributed by atoms with Crippen LogP contribution in [0.4, 0.5) is 5.69 Å². The fraction of sp³-hybridized carbons (Fsp3) is 0.417. The molecule has 0 aliphatic carbocycles. The van der Waals surface area contributed by atoms with Crippen molar-refractivity contribution in [2.75, 3.05) is 13.1 Å². The molecule has 0 saturated carbocycles. The van der Waals surface area contributed by atoms with Crippen LogP contribution in [0.3, 0.4) is 0 Å². The average molecular weight is 269 g/mol. The molecule has 2 rings (SSSR count). The van der Waals surface area contributed by atoms with Crippen LogP contribution in [0.15, 0.2) is 24.3 Å². The Morgan fingerprint density at radius 2 is 1.94 bits per heavy atom. The maximum absolute atomic E-state index is 10.7. The molecule has 1 aliphatic rings. The Morgan fingerprint density at radius 3 is 2.56 bits per heavy atom. The molecule has 0 aromatic heterocycles. The van der Waals surface area contributed by atoms with Crippen LogP contribution in [-0.2, 0) is 0 Å². The van der Waals surface area contributed by atoms with Crippen molar-refractivity contribution in [2.45, 2.75) is 19.3 Å². The number of piperidine rings is 1. The first-order chi connectivity index (χ1) is 8.18. The van der Waals surface area contributed by atoms with E-state index in [0.29, 0.717) is 11.4 Å². The third-order valence-corrected chi connectivity index (χ3v) is 3.00. The van der Waals surface area contributed by atoms with E-state index in [4.69, 9.17) is 5.41 Å². The minimum atomic E-state index is -0.424. The molecule has 0 spiro atoms. The fourth-order valence-corrected chi connectivity index (χ4v) is 2.07. The second-order valence-corrected chi connectivity index (χ2v) is 4.20. The minimum Gasteiger partial charge on any atom is -1.00 e. The molecule has 0 amide bonds. The van der Waals surface area contributed by atoms with Crippen LogP contribution in [0.25, 0.3) is 0 Å². The van der Waals surface area contributed by atoms with Gasteiger partial charge in [-0.15, -0.1) is 0 Å². The van der Waals surface area contributed by atoms with E-state index in [1.54, 1.807) is 12.1 Å². The van der Waals surface area contributed by atoms with Crippen LogP contribution in [0.2, 0.25) is 0 Å². The molecule has 98 valence electrons. The molecule has 0 atom stereocenters. The summed E-state index contributed by atoms with van der Waals surface area (Å²) in [6, 6.07) is 6.31. The predicted octanol–water partition coefficient (Wildman–Crippen LogP) is -0.590. The highest BCUT2D eigenvalue weighted by atomic mass is 35.5. The fourth-order valence-electron chi connectivity index (χ4n) is 2.07. The Labute approximate surface area is 112 Å². The average Bonchev–Trinajstić information content (AvgIpc) is 2.39. The van der Waals surface area contributed by atoms with Gasteiger partial charge in [0.2, 0.25) is 0 Å². The summed E-state index contributed by atoms with van der Waals surface area (Å²) < 4.78 is 0. The third-order valence-electron chi connectivity index (χ3n) is 3.00. The highest BCUT2D eigenvalue weighted by molar-refractivity contribution is 5.96. The van der Waals surface area contributed by atoms with Crippen LogP contribution >= 0.6 is 0 Å². The van der Waals surface area contributed by atoms with Gasteiger partial charge in [0, 0.05) is 30.8 Å². The van der Waals surface area contributed by atoms with Gasteiger partial charge in [0.05, 0.1) is 4.92 Å². The summed E-state index contributed by atoms with van der Waals surface area (Å²) in [4.78, 5) is 12.2. The zero-order valence-electron chi connectivity index (χ0n) is 9.93. The molecule has 1 fully saturated rings. The highest BCUT2D eigenvalue weighted by Gasteiger charge is 2.16. The topological polar surface area (TPSA) is 70.2 Å². The van der Waals surface area contributed by atoms with E-state index in [-0.39, 0.29) is 18.1 Å². The Hall–Kier alpha value is -1.62. The molecule has 1 heterocycles. The molecule has 1 saturated heterocycles. The number of nitro groups is 1. The molecule has 0 bridgehead atoms. The monoisotopic (exact) mass is 268 g/mol. The molecule has 0 unspecified atom stereocenters. The lowest BCUT2D eigenvalue weighted by atomic mass is 10.1. The number of hydrogen-bond donors (Lipinski definition) is 1. The maximum atomic E-state index is 10.7. The van der Waals surface area contributed by atoms with Crippen molar-refractivity contribution in [1.29, 1.82) is 5.41 Å². The number of likely N-dealkylation sites (tertiary alicyclic amines) is 1. The van der Waals surface area contributed by atoms with Gasteiger partial charge >= 0.3 is 0 Å². The summed E-state index contributed by atoms with van der Waals surface area (Å²) in [5.74, 6) is 0.397. The third kappa shape index (κ3) is 3.20. The first-order valence-corrected chi connectivity index (χ1v) is 5.77. The molecule has 1 N–H and O–H groups in total. The number of nitrogens with zero attached hydrogens (tertiary/aromatic N) is 2. The van der Waals surface area contributed by atoms with Crippen molar-refractivity contribution < 1.29 is 17.3 Å². The number of nitro benzene ring substituents is 1. The highest BCUT2D eigenvalue weighted by Crippen LogP contribution is 2.17. The standard InChI is InChI=1S/C12H15N3O2.ClH/c13-12(14-7-2-1-3-8-14)10-5-4-6-11(9-10)15(16)17;/h4-6,9,13H,1-3,7-8H2;1H/p-1. The van der Waals surface area contributed by atoms with Gasteiger partial charge in [-0.05, 0) is 19.3 Å². The van der Waals surface area contributed by atoms with Gasteiger partial charge in [-0.1, -0.05) is 12.1 Å². The van der Waals surface area contributed by atoms with Gasteiger partial charge in [-0.3, -0.25) is 15.5 Å². The van der Waals surface area contributed by atoms with Gasteiger partial charge in [-0.2, -0.15) is 0 Å². The Kier molecular flexibility index (Phi) is 5.09. The predicted molar refractivity (Wildman–Crippen MR) is 65.3 cm³/mol. The Morgan fingerprint density at radius 1 is 1.28 bits per heavy atom. The van der Waals surface area contributed by atoms with Crippen LogP contribution in [0.5, 0.6) is 0 Å². The molecule has 18 heavy (non-hydrogen) atoms. The molecule has 1 aliphatic heterocycles. The number of amidine groups is 1. The number of hydrogen-bond acceptors (Lipinski definition) is 3. The van der Waals surface area contributed by atoms with Gasteiger partial charge in [0.1, 0.15) is 5.84 Å². The summed E-state index contributed by atoms with van der Waals surface area (Å²) >= 11 is 0. The van der Waals surface area contributed by atoms with Crippen LogP contribution in [-0.4, -0.2) is 28.7 Å². The molecule has 6 heteroatoms. The second kappa shape index (κ2) is 6.35. The van der Waals surface area contributed by atoms with Gasteiger partial charge < -0.3 is 17.3 Å². The quantitative estimate of drug-likeness (QED) is 0.337. The summed E-state index contributed by atoms with van der Waals surface area (Å²) in [7, 11) is 0. The normalized spacial score (nSPS) is 14.8. The van der Waals surface area contributed by atoms with Crippen LogP contribution in [0.1, 0.15) is 24.8 Å². The van der Waals surface area contributed by atoms with Crippen LogP contribution < -0.4 is 12.4 Å². The van der Waals surface area contributed by atoms with E-state index < -0.39 is 4.92 Å². The zero-order valence-corrected chi connectivity index (χ0v) is 10.7. The number of nitrogens with one attached hydrogen (secondary N) is 1. The van der Waals surface area contributed by atoms with E-state index in [9.17, 15) is 10.1 Å². The molecular formula is C12H15ClN3O2-. The number of rotatable bonds is 2. The molecular weight excluding hydrogens is 254 g/mol. The number of non-ortho nitro benzene ring substituents is 1. The van der Waals surface area contributed by atoms with Gasteiger partial charge in [-0.25, -0.2) is 0 Å². The van der Waals surface area contributed by atoms with E-state index in [2.05, 4.69) is 0 Å². The van der Waals surface area contributed by atoms with E-state index in [0.717, 1.165) is 25.9 Å². The summed E-state index contributed by atoms with van der Waals surface area (Å²) in [5.41, 5.74) is 0.672. The second-order valence-electron chi connectivity index (χ2n) is 4.20. The Balaban J connectivity index is 0.00000162. The molecule has 0 radical (unpaired) electrons. The molecule has 5 nitrogen and oxygen atoms in total. The summed E-state index contributed by atoms with van der Waals surface area (Å²) in [5, 5.41) is 18.7. The number of benzene rings is 1. The largest absolute Gasteiger partial charge is 1.00 e. The maximum Gasteiger partial charge on any atom is 0.270 e. The van der Waals surface area contributed by atoms with Crippen molar-refractivity contribution >= 4 is 11.5 Å². The van der Waals surface area contributed by atoms with Gasteiger partial charge in [0.15, 0.2) is 0 Å². The number of halogens is 1. The van der Waals surface area contributed by atoms with Crippen molar-refractivity contribution in [3.63, 3.8) is 0 Å². The van der Waals surface area contributed by atoms with Crippen molar-refractivity contribution in [1.82, 2.24) is 4.90 Å². The van der Waals surface area contributed by atoms with Crippen LogP contribution in [0, 0.1) is 15.5 Å². The minimum absolute atomic E-state index is 0. The smallest absolute Gasteiger partial charge is 0.270 e. The molecule has 1 aromatic carbocycles. The summed E-state index contributed by atoms with van der Waals surface area (Å²) in [6.45, 7) is 1.75.